The fourth-order valence-corrected chi connectivity index (χ4v) is 5.37. The largest absolute Gasteiger partial charge is 0.129 e. The molecule has 0 bridgehead atoms. The van der Waals surface area contributed by atoms with Crippen molar-refractivity contribution in [1.29, 1.82) is 0 Å². The highest BCUT2D eigenvalue weighted by Gasteiger charge is 2.65. The second-order valence-corrected chi connectivity index (χ2v) is 13.0. The van der Waals surface area contributed by atoms with Gasteiger partial charge in [0.15, 0.2) is 0 Å². The fraction of sp³-hybridized carbons (Fsp3) is 0.164. The summed E-state index contributed by atoms with van der Waals surface area (Å²) in [6.45, 7) is 31.4. The zero-order valence-electron chi connectivity index (χ0n) is 37.9. The van der Waals surface area contributed by atoms with E-state index in [2.05, 4.69) is 289 Å². The normalized spacial score (nSPS) is 11.0. The molecule has 0 aromatic heterocycles. The fourth-order valence-electron chi connectivity index (χ4n) is 5.37. The summed E-state index contributed by atoms with van der Waals surface area (Å²) in [5.41, 5.74) is 78.2. The van der Waals surface area contributed by atoms with Crippen LogP contribution in [0.5, 0.6) is 0 Å². The van der Waals surface area contributed by atoms with E-state index in [0.717, 1.165) is 5.57 Å². The number of allylic oxidation sites excluding steroid dienone is 6. The third-order valence-corrected chi connectivity index (χ3v) is 8.54. The van der Waals surface area contributed by atoms with Crippen LogP contribution in [0.15, 0.2) is 233 Å². The highest BCUT2D eigenvalue weighted by molar-refractivity contribution is 5.64. The summed E-state index contributed by atoms with van der Waals surface area (Å²) in [4.78, 5) is 0. The molecule has 1 aliphatic rings. The molecular formula is C67H34. The molecule has 1 aliphatic carbocycles. The Morgan fingerprint density at radius 2 is 0.970 bits per heavy atom. The highest BCUT2D eigenvalue weighted by atomic mass is 14.6. The Labute approximate surface area is 396 Å². The van der Waals surface area contributed by atoms with E-state index in [-0.39, 0.29) is 12.0 Å². The molecule has 0 aliphatic heterocycles. The molecule has 0 heterocycles. The molecule has 0 spiro atoms. The molecule has 0 heteroatoms. The minimum Gasteiger partial charge on any atom is -0.129 e. The first kappa shape index (κ1) is 53.8. The third kappa shape index (κ3) is 18.5. The Hall–Kier alpha value is -11.2. The van der Waals surface area contributed by atoms with Gasteiger partial charge < -0.3 is 0 Å². The molecule has 1 fully saturated rings. The van der Waals surface area contributed by atoms with Gasteiger partial charge in [0.25, 0.3) is 0 Å². The lowest BCUT2D eigenvalue weighted by Gasteiger charge is -2.31. The molecule has 1 saturated carbocycles. The zero-order chi connectivity index (χ0) is 49.5. The van der Waals surface area contributed by atoms with Gasteiger partial charge in [0.05, 0.1) is 16.4 Å². The Morgan fingerprint density at radius 3 is 1.49 bits per heavy atom. The number of hydrogen-bond donors (Lipinski definition) is 0. The summed E-state index contributed by atoms with van der Waals surface area (Å²) in [5.74, 6) is 41.7. The molecule has 0 N–H and O–H groups in total. The quantitative estimate of drug-likeness (QED) is 0.123. The van der Waals surface area contributed by atoms with Crippen LogP contribution in [0.2, 0.25) is 0 Å². The van der Waals surface area contributed by atoms with Gasteiger partial charge in [-0.25, -0.2) is 0 Å². The summed E-state index contributed by atoms with van der Waals surface area (Å²) in [6, 6.07) is 0. The summed E-state index contributed by atoms with van der Waals surface area (Å²) in [5, 5.41) is 0. The van der Waals surface area contributed by atoms with Crippen LogP contribution >= 0.6 is 0 Å². The summed E-state index contributed by atoms with van der Waals surface area (Å²) < 4.78 is 0. The van der Waals surface area contributed by atoms with Gasteiger partial charge >= 0.3 is 0 Å². The predicted molar refractivity (Wildman–Crippen MR) is 266 cm³/mol. The lowest BCUT2D eigenvalue weighted by molar-refractivity contribution is 0.523. The van der Waals surface area contributed by atoms with Gasteiger partial charge in [0.2, 0.25) is 0 Å². The number of terminal acetylenes is 1. The Bertz CT molecular complexity index is 3920. The van der Waals surface area contributed by atoms with Gasteiger partial charge in [-0.05, 0) is 239 Å². The van der Waals surface area contributed by atoms with Crippen molar-refractivity contribution in [1.82, 2.24) is 0 Å². The lowest BCUT2D eigenvalue weighted by atomic mass is 9.66. The first-order chi connectivity index (χ1) is 32.6. The van der Waals surface area contributed by atoms with Crippen LogP contribution in [0.25, 0.3) is 0 Å². The van der Waals surface area contributed by atoms with Crippen LogP contribution < -0.4 is 0 Å². The van der Waals surface area contributed by atoms with Gasteiger partial charge in [-0.2, -0.15) is 0 Å². The van der Waals surface area contributed by atoms with Crippen LogP contribution in [0.1, 0.15) is 53.9 Å². The van der Waals surface area contributed by atoms with Crippen molar-refractivity contribution in [2.45, 2.75) is 53.9 Å². The van der Waals surface area contributed by atoms with Crippen molar-refractivity contribution in [2.24, 2.45) is 16.2 Å². The maximum atomic E-state index is 5.20. The smallest absolute Gasteiger partial charge is 0.0972 e. The van der Waals surface area contributed by atoms with Crippen molar-refractivity contribution in [3.8, 4) is 95.2 Å². The minimum absolute atomic E-state index is 0.248. The molecule has 2 unspecified atom stereocenters. The molecule has 0 amide bonds. The number of rotatable bonds is 9. The standard InChI is InChI=1S/C67H34/c1-13-22-29-34-37-39-43-49-56-67(58-65(67,10)11)64(54-47-41-38-35-30-23-14-2)63(53-46-40-36-31-24-15-3)66(12,55-48-42-32-25-16-4)62(52-45-33-26-17-5)61(51-44-27-18-6)60(50-28-19-7)57-59(20-8)21-9/h1H,2-3,5-8,21,57-58H2,4,9-12H3. The van der Waals surface area contributed by atoms with Crippen molar-refractivity contribution in [3.05, 3.63) is 233 Å². The Kier molecular flexibility index (Phi) is 25.4. The van der Waals surface area contributed by atoms with Crippen molar-refractivity contribution in [2.75, 3.05) is 0 Å². The zero-order valence-corrected chi connectivity index (χ0v) is 37.9. The molecule has 0 aromatic rings. The van der Waals surface area contributed by atoms with Crippen LogP contribution in [-0.4, -0.2) is 0 Å². The molecule has 67 heavy (non-hydrogen) atoms. The molecule has 1 rings (SSSR count). The van der Waals surface area contributed by atoms with Crippen LogP contribution in [0.3, 0.4) is 0 Å². The van der Waals surface area contributed by atoms with Crippen LogP contribution in [0, 0.1) is 111 Å². The molecule has 302 valence electrons. The first-order valence-corrected chi connectivity index (χ1v) is 19.4. The predicted octanol–water partition coefficient (Wildman–Crippen LogP) is 11.6. The lowest BCUT2D eigenvalue weighted by Crippen LogP contribution is -2.26. The maximum absolute atomic E-state index is 5.20. The molecule has 0 aromatic carbocycles. The summed E-state index contributed by atoms with van der Waals surface area (Å²) >= 11 is 0. The van der Waals surface area contributed by atoms with E-state index in [9.17, 15) is 0 Å². The van der Waals surface area contributed by atoms with Crippen molar-refractivity contribution in [3.63, 3.8) is 0 Å². The monoisotopic (exact) mass is 838 g/mol. The summed E-state index contributed by atoms with van der Waals surface area (Å²) in [6.07, 6.45) is 6.54. The van der Waals surface area contributed by atoms with E-state index in [1.165, 1.54) is 0 Å². The second kappa shape index (κ2) is 31.6. The second-order valence-electron chi connectivity index (χ2n) is 13.0. The molecule has 2 atom stereocenters. The van der Waals surface area contributed by atoms with Crippen LogP contribution in [0.4, 0.5) is 0 Å². The molecule has 0 nitrogen and oxygen atoms in total. The van der Waals surface area contributed by atoms with E-state index < -0.39 is 16.2 Å². The topological polar surface area (TPSA) is 0 Å². The van der Waals surface area contributed by atoms with E-state index >= 15 is 0 Å². The van der Waals surface area contributed by atoms with E-state index in [4.69, 9.17) is 6.42 Å². The van der Waals surface area contributed by atoms with Crippen molar-refractivity contribution >= 4 is 0 Å². The highest BCUT2D eigenvalue weighted by Crippen LogP contribution is 2.69. The van der Waals surface area contributed by atoms with Crippen LogP contribution in [-0.2, 0) is 0 Å². The molecule has 0 saturated heterocycles. The molecule has 0 radical (unpaired) electrons. The van der Waals surface area contributed by atoms with E-state index in [1.807, 2.05) is 20.8 Å². The van der Waals surface area contributed by atoms with Gasteiger partial charge in [-0.3, -0.25) is 0 Å². The number of hydrogen-bond acceptors (Lipinski definition) is 0. The minimum atomic E-state index is -1.60. The Balaban J connectivity index is 5.71. The van der Waals surface area contributed by atoms with Gasteiger partial charge in [0.1, 0.15) is 0 Å². The van der Waals surface area contributed by atoms with Crippen molar-refractivity contribution < 1.29 is 0 Å². The Morgan fingerprint density at radius 1 is 0.522 bits per heavy atom. The summed E-state index contributed by atoms with van der Waals surface area (Å²) in [7, 11) is 0. The third-order valence-electron chi connectivity index (χ3n) is 8.54. The SMILES string of the molecule is C#CC#CC#CC#CC#CC1(C(=C=C=C=C=C=C=C=C=C)C(=C=C=C=C=C=C=C=C)C(C)(C#CC#CC#CC)C(=C=C=C=C=C=C)C(=C=C=C=C=C)C(=C=C=C=C)CC(=C=C)CC)CC1(C)C. The van der Waals surface area contributed by atoms with Gasteiger partial charge in [-0.1, -0.05) is 102 Å². The average molecular weight is 839 g/mol. The molecular weight excluding hydrogens is 805 g/mol. The van der Waals surface area contributed by atoms with Gasteiger partial charge in [0, 0.05) is 28.7 Å². The first-order valence-electron chi connectivity index (χ1n) is 19.4. The van der Waals surface area contributed by atoms with Gasteiger partial charge in [-0.15, -0.1) is 12.2 Å². The van der Waals surface area contributed by atoms with E-state index in [1.54, 1.807) is 13.8 Å². The maximum Gasteiger partial charge on any atom is 0.0972 e. The van der Waals surface area contributed by atoms with E-state index in [0.29, 0.717) is 35.1 Å². The average Bonchev–Trinajstić information content (AvgIpc) is 3.90.